The van der Waals surface area contributed by atoms with Crippen molar-refractivity contribution < 1.29 is 9.21 Å². The molecule has 0 radical (unpaired) electrons. The van der Waals surface area contributed by atoms with E-state index in [0.717, 1.165) is 20.2 Å². The summed E-state index contributed by atoms with van der Waals surface area (Å²) >= 11 is 8.01. The standard InChI is InChI=1S/C17H13Br2N3O2S/c18-13-7-6-12(9-14(13)19)20-15(23)10-25-17-22-21-16(24-17)8-11-4-2-1-3-5-11/h1-7,9H,8,10H2,(H,20,23). The second-order valence-electron chi connectivity index (χ2n) is 5.09. The highest BCUT2D eigenvalue weighted by molar-refractivity contribution is 9.13. The number of aromatic nitrogens is 2. The molecule has 25 heavy (non-hydrogen) atoms. The fourth-order valence-corrected chi connectivity index (χ4v) is 3.24. The number of rotatable bonds is 6. The number of carbonyl (C=O) groups is 1. The van der Waals surface area contributed by atoms with Gasteiger partial charge in [0, 0.05) is 14.6 Å². The van der Waals surface area contributed by atoms with E-state index >= 15 is 0 Å². The van der Waals surface area contributed by atoms with Crippen molar-refractivity contribution in [3.8, 4) is 0 Å². The van der Waals surface area contributed by atoms with Gasteiger partial charge in [-0.25, -0.2) is 0 Å². The first-order valence-electron chi connectivity index (χ1n) is 7.34. The molecule has 5 nitrogen and oxygen atoms in total. The molecule has 3 aromatic rings. The second-order valence-corrected chi connectivity index (χ2v) is 7.73. The Morgan fingerprint density at radius 1 is 1.08 bits per heavy atom. The molecular formula is C17H13Br2N3O2S. The number of hydrogen-bond donors (Lipinski definition) is 1. The summed E-state index contributed by atoms with van der Waals surface area (Å²) in [5.74, 6) is 0.591. The molecule has 1 N–H and O–H groups in total. The van der Waals surface area contributed by atoms with Crippen LogP contribution in [-0.4, -0.2) is 21.9 Å². The lowest BCUT2D eigenvalue weighted by Crippen LogP contribution is -2.13. The number of nitrogens with zero attached hydrogens (tertiary/aromatic N) is 2. The quantitative estimate of drug-likeness (QED) is 0.505. The minimum absolute atomic E-state index is 0.137. The minimum atomic E-state index is -0.137. The zero-order valence-corrected chi connectivity index (χ0v) is 16.9. The summed E-state index contributed by atoms with van der Waals surface area (Å²) in [6.07, 6.45) is 0.577. The van der Waals surface area contributed by atoms with Crippen molar-refractivity contribution in [2.75, 3.05) is 11.1 Å². The van der Waals surface area contributed by atoms with Gasteiger partial charge in [0.1, 0.15) is 0 Å². The van der Waals surface area contributed by atoms with Crippen LogP contribution in [0.1, 0.15) is 11.5 Å². The lowest BCUT2D eigenvalue weighted by atomic mass is 10.2. The molecule has 0 spiro atoms. The third kappa shape index (κ3) is 5.42. The van der Waals surface area contributed by atoms with Gasteiger partial charge in [0.25, 0.3) is 5.22 Å². The van der Waals surface area contributed by atoms with Gasteiger partial charge in [-0.15, -0.1) is 10.2 Å². The average molecular weight is 483 g/mol. The van der Waals surface area contributed by atoms with E-state index in [0.29, 0.717) is 17.5 Å². The van der Waals surface area contributed by atoms with Crippen LogP contribution >= 0.6 is 43.6 Å². The Labute approximate surface area is 165 Å². The number of thioether (sulfide) groups is 1. The van der Waals surface area contributed by atoms with Gasteiger partial charge in [0.15, 0.2) is 0 Å². The van der Waals surface area contributed by atoms with Crippen molar-refractivity contribution >= 4 is 55.2 Å². The maximum atomic E-state index is 12.0. The Hall–Kier alpha value is -1.64. The summed E-state index contributed by atoms with van der Waals surface area (Å²) in [6.45, 7) is 0. The Morgan fingerprint density at radius 2 is 1.88 bits per heavy atom. The van der Waals surface area contributed by atoms with Crippen molar-refractivity contribution in [1.82, 2.24) is 10.2 Å². The van der Waals surface area contributed by atoms with Crippen molar-refractivity contribution in [2.24, 2.45) is 0 Å². The molecule has 0 unspecified atom stereocenters. The first kappa shape index (κ1) is 18.2. The van der Waals surface area contributed by atoms with Crippen LogP contribution in [0.5, 0.6) is 0 Å². The predicted octanol–water partition coefficient (Wildman–Crippen LogP) is 4.92. The van der Waals surface area contributed by atoms with Crippen LogP contribution in [0.2, 0.25) is 0 Å². The molecule has 1 heterocycles. The van der Waals surface area contributed by atoms with Crippen LogP contribution in [0.4, 0.5) is 5.69 Å². The highest BCUT2D eigenvalue weighted by atomic mass is 79.9. The molecular weight excluding hydrogens is 470 g/mol. The monoisotopic (exact) mass is 481 g/mol. The third-order valence-corrected chi connectivity index (χ3v) is 5.87. The van der Waals surface area contributed by atoms with Crippen molar-refractivity contribution in [2.45, 2.75) is 11.6 Å². The fourth-order valence-electron chi connectivity index (χ4n) is 2.04. The molecule has 0 aliphatic carbocycles. The van der Waals surface area contributed by atoms with Crippen LogP contribution in [-0.2, 0) is 11.2 Å². The normalized spacial score (nSPS) is 10.6. The number of benzene rings is 2. The first-order chi connectivity index (χ1) is 12.1. The lowest BCUT2D eigenvalue weighted by Gasteiger charge is -2.05. The molecule has 0 fully saturated rings. The number of anilines is 1. The van der Waals surface area contributed by atoms with E-state index in [4.69, 9.17) is 4.42 Å². The van der Waals surface area contributed by atoms with Gasteiger partial charge in [0.05, 0.1) is 12.2 Å². The summed E-state index contributed by atoms with van der Waals surface area (Å²) in [6, 6.07) is 15.4. The number of nitrogens with one attached hydrogen (secondary N) is 1. The fraction of sp³-hybridized carbons (Fsp3) is 0.118. The van der Waals surface area contributed by atoms with Gasteiger partial charge in [-0.2, -0.15) is 0 Å². The maximum Gasteiger partial charge on any atom is 0.277 e. The minimum Gasteiger partial charge on any atom is -0.416 e. The summed E-state index contributed by atoms with van der Waals surface area (Å²) in [7, 11) is 0. The van der Waals surface area contributed by atoms with Gasteiger partial charge in [-0.05, 0) is 55.6 Å². The maximum absolute atomic E-state index is 12.0. The van der Waals surface area contributed by atoms with Crippen LogP contribution in [0.15, 0.2) is 67.1 Å². The molecule has 2 aromatic carbocycles. The van der Waals surface area contributed by atoms with Gasteiger partial charge in [-0.1, -0.05) is 42.1 Å². The van der Waals surface area contributed by atoms with E-state index in [1.807, 2.05) is 48.5 Å². The van der Waals surface area contributed by atoms with E-state index < -0.39 is 0 Å². The molecule has 0 bridgehead atoms. The summed E-state index contributed by atoms with van der Waals surface area (Å²) in [5.41, 5.74) is 1.82. The number of amides is 1. The molecule has 0 atom stereocenters. The van der Waals surface area contributed by atoms with Crippen LogP contribution in [0.3, 0.4) is 0 Å². The summed E-state index contributed by atoms with van der Waals surface area (Å²) < 4.78 is 7.37. The second kappa shape index (κ2) is 8.64. The number of hydrogen-bond acceptors (Lipinski definition) is 5. The molecule has 1 amide bonds. The molecule has 128 valence electrons. The largest absolute Gasteiger partial charge is 0.416 e. The van der Waals surface area contributed by atoms with Crippen LogP contribution in [0, 0.1) is 0 Å². The zero-order valence-electron chi connectivity index (χ0n) is 12.9. The van der Waals surface area contributed by atoms with E-state index in [2.05, 4.69) is 47.4 Å². The topological polar surface area (TPSA) is 68.0 Å². The van der Waals surface area contributed by atoms with E-state index in [1.54, 1.807) is 0 Å². The van der Waals surface area contributed by atoms with E-state index in [1.165, 1.54) is 11.8 Å². The molecule has 8 heteroatoms. The molecule has 0 aliphatic rings. The molecule has 3 rings (SSSR count). The van der Waals surface area contributed by atoms with Crippen molar-refractivity contribution in [3.63, 3.8) is 0 Å². The Kier molecular flexibility index (Phi) is 6.28. The molecule has 1 aromatic heterocycles. The predicted molar refractivity (Wildman–Crippen MR) is 105 cm³/mol. The molecule has 0 aliphatic heterocycles. The Bertz CT molecular complexity index is 871. The number of halogens is 2. The Morgan fingerprint density at radius 3 is 2.64 bits per heavy atom. The summed E-state index contributed by atoms with van der Waals surface area (Å²) in [4.78, 5) is 12.0. The highest BCUT2D eigenvalue weighted by Crippen LogP contribution is 2.26. The van der Waals surface area contributed by atoms with Crippen LogP contribution < -0.4 is 5.32 Å². The van der Waals surface area contributed by atoms with Gasteiger partial charge < -0.3 is 9.73 Å². The first-order valence-corrected chi connectivity index (χ1v) is 9.91. The number of carbonyl (C=O) groups excluding carboxylic acids is 1. The SMILES string of the molecule is O=C(CSc1nnc(Cc2ccccc2)o1)Nc1ccc(Br)c(Br)c1. The van der Waals surface area contributed by atoms with Gasteiger partial charge in [0.2, 0.25) is 11.8 Å². The Balaban J connectivity index is 1.51. The third-order valence-electron chi connectivity index (χ3n) is 3.18. The zero-order chi connectivity index (χ0) is 17.6. The molecule has 0 saturated carbocycles. The van der Waals surface area contributed by atoms with Crippen LogP contribution in [0.25, 0.3) is 0 Å². The smallest absolute Gasteiger partial charge is 0.277 e. The van der Waals surface area contributed by atoms with E-state index in [-0.39, 0.29) is 11.7 Å². The van der Waals surface area contributed by atoms with E-state index in [9.17, 15) is 4.79 Å². The van der Waals surface area contributed by atoms with Gasteiger partial charge in [-0.3, -0.25) is 4.79 Å². The highest BCUT2D eigenvalue weighted by Gasteiger charge is 2.11. The lowest BCUT2D eigenvalue weighted by molar-refractivity contribution is -0.113. The van der Waals surface area contributed by atoms with Crippen molar-refractivity contribution in [1.29, 1.82) is 0 Å². The average Bonchev–Trinajstić information content (AvgIpc) is 3.05. The molecule has 0 saturated heterocycles. The van der Waals surface area contributed by atoms with Gasteiger partial charge >= 0.3 is 0 Å². The van der Waals surface area contributed by atoms with Crippen molar-refractivity contribution in [3.05, 3.63) is 68.9 Å². The summed E-state index contributed by atoms with van der Waals surface area (Å²) in [5, 5.41) is 11.2.